The SMILES string of the molecule is O=[N+]([O-])c1ncn(-c2c([N+](=O)[O-])cc(C(F)(F)F)cc2[N+](=O)[O-])n1. The molecular formula is C9H3F3N6O6. The molecule has 2 rings (SSSR count). The Kier molecular flexibility index (Phi) is 3.85. The monoisotopic (exact) mass is 348 g/mol. The van der Waals surface area contributed by atoms with E-state index in [2.05, 4.69) is 10.1 Å². The molecule has 1 aromatic carbocycles. The van der Waals surface area contributed by atoms with Gasteiger partial charge in [0.1, 0.15) is 0 Å². The second-order valence-electron chi connectivity index (χ2n) is 4.12. The maximum atomic E-state index is 12.7. The molecule has 0 aliphatic rings. The van der Waals surface area contributed by atoms with Gasteiger partial charge in [-0.05, 0) is 4.92 Å². The predicted molar refractivity (Wildman–Crippen MR) is 66.3 cm³/mol. The molecule has 1 aromatic heterocycles. The lowest BCUT2D eigenvalue weighted by atomic mass is 10.1. The minimum Gasteiger partial charge on any atom is -0.390 e. The average molecular weight is 348 g/mol. The molecule has 0 radical (unpaired) electrons. The van der Waals surface area contributed by atoms with Crippen molar-refractivity contribution in [2.75, 3.05) is 0 Å². The molecule has 0 saturated carbocycles. The highest BCUT2D eigenvalue weighted by atomic mass is 19.4. The Morgan fingerprint density at radius 3 is 1.79 bits per heavy atom. The van der Waals surface area contributed by atoms with Crippen LogP contribution in [0.2, 0.25) is 0 Å². The van der Waals surface area contributed by atoms with Gasteiger partial charge < -0.3 is 10.1 Å². The number of aromatic nitrogens is 3. The van der Waals surface area contributed by atoms with Crippen LogP contribution < -0.4 is 0 Å². The number of alkyl halides is 3. The summed E-state index contributed by atoms with van der Waals surface area (Å²) in [6.45, 7) is 0. The number of benzene rings is 1. The molecule has 126 valence electrons. The number of nitro benzene ring substituents is 2. The molecule has 24 heavy (non-hydrogen) atoms. The van der Waals surface area contributed by atoms with Crippen molar-refractivity contribution in [1.29, 1.82) is 0 Å². The predicted octanol–water partition coefficient (Wildman–Crippen LogP) is 2.01. The van der Waals surface area contributed by atoms with Crippen molar-refractivity contribution in [3.05, 3.63) is 54.4 Å². The molecule has 1 heterocycles. The minimum absolute atomic E-state index is 0.0653. The molecular weight excluding hydrogens is 345 g/mol. The standard InChI is InChI=1S/C9H3F3N6O6/c10-9(11,12)4-1-5(16(19)20)7(6(2-4)17(21)22)15-3-13-8(14-15)18(23)24/h1-3H. The zero-order valence-corrected chi connectivity index (χ0v) is 11.0. The Balaban J connectivity index is 2.83. The van der Waals surface area contributed by atoms with Crippen molar-refractivity contribution in [2.45, 2.75) is 6.18 Å². The van der Waals surface area contributed by atoms with Gasteiger partial charge in [0.25, 0.3) is 0 Å². The number of nitro groups is 3. The smallest absolute Gasteiger partial charge is 0.390 e. The van der Waals surface area contributed by atoms with E-state index >= 15 is 0 Å². The van der Waals surface area contributed by atoms with Crippen molar-refractivity contribution in [3.63, 3.8) is 0 Å². The Labute approximate surface area is 127 Å². The number of hydrogen-bond donors (Lipinski definition) is 0. The van der Waals surface area contributed by atoms with Gasteiger partial charge in [-0.1, -0.05) is 4.98 Å². The minimum atomic E-state index is -5.08. The van der Waals surface area contributed by atoms with Crippen molar-refractivity contribution in [2.24, 2.45) is 0 Å². The highest BCUT2D eigenvalue weighted by molar-refractivity contribution is 5.67. The van der Waals surface area contributed by atoms with Crippen LogP contribution in [-0.2, 0) is 6.18 Å². The van der Waals surface area contributed by atoms with Crippen LogP contribution in [0, 0.1) is 30.3 Å². The van der Waals surface area contributed by atoms with Gasteiger partial charge >= 0.3 is 23.5 Å². The largest absolute Gasteiger partial charge is 0.491 e. The zero-order chi connectivity index (χ0) is 18.2. The van der Waals surface area contributed by atoms with E-state index in [9.17, 15) is 43.5 Å². The van der Waals surface area contributed by atoms with E-state index in [1.807, 2.05) is 0 Å². The lowest BCUT2D eigenvalue weighted by Crippen LogP contribution is -2.11. The Morgan fingerprint density at radius 2 is 1.46 bits per heavy atom. The Bertz CT molecular complexity index is 827. The fourth-order valence-corrected chi connectivity index (χ4v) is 1.73. The van der Waals surface area contributed by atoms with Gasteiger partial charge in [0.2, 0.25) is 12.0 Å². The van der Waals surface area contributed by atoms with Crippen LogP contribution >= 0.6 is 0 Å². The molecule has 0 aliphatic heterocycles. The van der Waals surface area contributed by atoms with Crippen molar-refractivity contribution in [1.82, 2.24) is 14.8 Å². The summed E-state index contributed by atoms with van der Waals surface area (Å²) in [5, 5.41) is 35.7. The number of rotatable bonds is 4. The first-order chi connectivity index (χ1) is 11.0. The van der Waals surface area contributed by atoms with Crippen molar-refractivity contribution in [3.8, 4) is 5.69 Å². The molecule has 2 aromatic rings. The summed E-state index contributed by atoms with van der Waals surface area (Å²) in [5.41, 5.74) is -5.23. The molecule has 0 aliphatic carbocycles. The zero-order valence-electron chi connectivity index (χ0n) is 11.0. The highest BCUT2D eigenvalue weighted by Gasteiger charge is 2.39. The fraction of sp³-hybridized carbons (Fsp3) is 0.111. The maximum Gasteiger partial charge on any atom is 0.491 e. The van der Waals surface area contributed by atoms with Crippen LogP contribution in [0.4, 0.5) is 30.5 Å². The van der Waals surface area contributed by atoms with Crippen molar-refractivity contribution >= 4 is 17.3 Å². The first-order valence-electron chi connectivity index (χ1n) is 5.63. The van der Waals surface area contributed by atoms with Gasteiger partial charge in [-0.2, -0.15) is 13.2 Å². The first kappa shape index (κ1) is 16.7. The second-order valence-corrected chi connectivity index (χ2v) is 4.12. The van der Waals surface area contributed by atoms with Gasteiger partial charge in [0.15, 0.2) is 0 Å². The molecule has 15 heteroatoms. The molecule has 0 amide bonds. The van der Waals surface area contributed by atoms with E-state index in [-0.39, 0.29) is 12.1 Å². The maximum absolute atomic E-state index is 12.7. The van der Waals surface area contributed by atoms with Crippen LogP contribution in [0.1, 0.15) is 5.56 Å². The Morgan fingerprint density at radius 1 is 0.958 bits per heavy atom. The second kappa shape index (κ2) is 5.52. The third-order valence-electron chi connectivity index (χ3n) is 2.66. The van der Waals surface area contributed by atoms with Crippen LogP contribution in [0.25, 0.3) is 5.69 Å². The van der Waals surface area contributed by atoms with Gasteiger partial charge in [0, 0.05) is 17.2 Å². The van der Waals surface area contributed by atoms with E-state index in [0.717, 1.165) is 0 Å². The van der Waals surface area contributed by atoms with E-state index in [4.69, 9.17) is 0 Å². The number of halogens is 3. The summed E-state index contributed by atoms with van der Waals surface area (Å²) in [6, 6.07) is 0.131. The van der Waals surface area contributed by atoms with Gasteiger partial charge in [-0.25, -0.2) is 0 Å². The molecule has 0 fully saturated rings. The summed E-state index contributed by atoms with van der Waals surface area (Å²) in [7, 11) is 0. The molecule has 0 saturated heterocycles. The lowest BCUT2D eigenvalue weighted by Gasteiger charge is -2.08. The van der Waals surface area contributed by atoms with E-state index < -0.39 is 49.5 Å². The fourth-order valence-electron chi connectivity index (χ4n) is 1.73. The highest BCUT2D eigenvalue weighted by Crippen LogP contribution is 2.39. The van der Waals surface area contributed by atoms with Crippen LogP contribution in [0.3, 0.4) is 0 Å². The van der Waals surface area contributed by atoms with E-state index in [1.54, 1.807) is 0 Å². The average Bonchev–Trinajstić information content (AvgIpc) is 2.94. The molecule has 0 spiro atoms. The Hall–Kier alpha value is -3.65. The van der Waals surface area contributed by atoms with Gasteiger partial charge in [-0.15, -0.1) is 4.68 Å². The summed E-state index contributed by atoms with van der Waals surface area (Å²) < 4.78 is 38.5. The summed E-state index contributed by atoms with van der Waals surface area (Å²) in [4.78, 5) is 32.0. The third kappa shape index (κ3) is 2.94. The molecule has 0 unspecified atom stereocenters. The van der Waals surface area contributed by atoms with Crippen LogP contribution in [-0.4, -0.2) is 29.5 Å². The lowest BCUT2D eigenvalue weighted by molar-refractivity contribution is -0.395. The summed E-state index contributed by atoms with van der Waals surface area (Å²) in [6.07, 6.45) is -4.54. The molecule has 0 bridgehead atoms. The topological polar surface area (TPSA) is 160 Å². The normalized spacial score (nSPS) is 11.3. The van der Waals surface area contributed by atoms with Gasteiger partial charge in [0.05, 0.1) is 15.4 Å². The third-order valence-corrected chi connectivity index (χ3v) is 2.66. The van der Waals surface area contributed by atoms with Crippen molar-refractivity contribution < 1.29 is 27.9 Å². The summed E-state index contributed by atoms with van der Waals surface area (Å²) >= 11 is 0. The van der Waals surface area contributed by atoms with E-state index in [0.29, 0.717) is 11.0 Å². The first-order valence-corrected chi connectivity index (χ1v) is 5.63. The van der Waals surface area contributed by atoms with E-state index in [1.165, 1.54) is 0 Å². The quantitative estimate of drug-likeness (QED) is 0.599. The number of nitrogens with zero attached hydrogens (tertiary/aromatic N) is 6. The molecule has 12 nitrogen and oxygen atoms in total. The molecule has 0 atom stereocenters. The molecule has 0 N–H and O–H groups in total. The van der Waals surface area contributed by atoms with Gasteiger partial charge in [-0.3, -0.25) is 20.2 Å². The number of hydrogen-bond acceptors (Lipinski definition) is 8. The summed E-state index contributed by atoms with van der Waals surface area (Å²) in [5.74, 6) is -1.04. The van der Waals surface area contributed by atoms with Crippen LogP contribution in [0.15, 0.2) is 18.5 Å². The van der Waals surface area contributed by atoms with Crippen LogP contribution in [0.5, 0.6) is 0 Å².